The largest absolute Gasteiger partial charge is 0.495 e. The van der Waals surface area contributed by atoms with E-state index in [1.807, 2.05) is 0 Å². The van der Waals surface area contributed by atoms with Gasteiger partial charge in [-0.3, -0.25) is 4.72 Å². The number of carboxylic acids is 1. The monoisotopic (exact) mass is 381 g/mol. The molecule has 0 fully saturated rings. The van der Waals surface area contributed by atoms with Gasteiger partial charge in [-0.2, -0.15) is 0 Å². The molecule has 6 nitrogen and oxygen atoms in total. The van der Waals surface area contributed by atoms with Crippen molar-refractivity contribution in [3.05, 3.63) is 52.0 Å². The van der Waals surface area contributed by atoms with Gasteiger partial charge in [0.05, 0.1) is 23.3 Å². The van der Waals surface area contributed by atoms with Crippen LogP contribution in [0.15, 0.2) is 35.2 Å². The van der Waals surface area contributed by atoms with E-state index in [1.165, 1.54) is 19.2 Å². The van der Waals surface area contributed by atoms with Gasteiger partial charge in [-0.05, 0) is 60.7 Å². The molecule has 0 saturated carbocycles. The number of carboxylic acid groups (broad SMARTS) is 1. The molecule has 0 amide bonds. The number of anilines is 1. The SMILES string of the molecule is COc1ccc(Cl)cc1NS(=O)(=O)c1cc(C(=O)O)cc2c1CCC2. The van der Waals surface area contributed by atoms with Gasteiger partial charge in [0.25, 0.3) is 10.0 Å². The molecule has 0 atom stereocenters. The van der Waals surface area contributed by atoms with Crippen molar-refractivity contribution in [2.75, 3.05) is 11.8 Å². The summed E-state index contributed by atoms with van der Waals surface area (Å²) in [5.74, 6) is -0.842. The molecular weight excluding hydrogens is 366 g/mol. The fraction of sp³-hybridized carbons (Fsp3) is 0.235. The van der Waals surface area contributed by atoms with Gasteiger partial charge in [-0.15, -0.1) is 0 Å². The molecule has 25 heavy (non-hydrogen) atoms. The standard InChI is InChI=1S/C17H16ClNO5S/c1-24-15-6-5-12(18)9-14(15)19-25(22,23)16-8-11(17(20)21)7-10-3-2-4-13(10)16/h5-9,19H,2-4H2,1H3,(H,20,21). The number of ether oxygens (including phenoxy) is 1. The zero-order valence-electron chi connectivity index (χ0n) is 13.4. The Morgan fingerprint density at radius 1 is 1.24 bits per heavy atom. The minimum atomic E-state index is -4.00. The summed E-state index contributed by atoms with van der Waals surface area (Å²) in [4.78, 5) is 11.3. The quantitative estimate of drug-likeness (QED) is 0.828. The summed E-state index contributed by atoms with van der Waals surface area (Å²) in [7, 11) is -2.58. The zero-order valence-corrected chi connectivity index (χ0v) is 14.9. The summed E-state index contributed by atoms with van der Waals surface area (Å²) in [6.45, 7) is 0. The molecule has 0 saturated heterocycles. The predicted molar refractivity (Wildman–Crippen MR) is 94.2 cm³/mol. The van der Waals surface area contributed by atoms with Crippen LogP contribution in [-0.2, 0) is 22.9 Å². The first kappa shape index (κ1) is 17.6. The molecule has 132 valence electrons. The van der Waals surface area contributed by atoms with Gasteiger partial charge >= 0.3 is 5.97 Å². The summed E-state index contributed by atoms with van der Waals surface area (Å²) in [6, 6.07) is 7.33. The van der Waals surface area contributed by atoms with Gasteiger partial charge < -0.3 is 9.84 Å². The number of hydrogen-bond acceptors (Lipinski definition) is 4. The molecule has 3 rings (SSSR count). The molecule has 0 heterocycles. The molecule has 0 radical (unpaired) electrons. The van der Waals surface area contributed by atoms with Crippen LogP contribution in [0.4, 0.5) is 5.69 Å². The van der Waals surface area contributed by atoms with Crippen molar-refractivity contribution in [1.29, 1.82) is 0 Å². The maximum absolute atomic E-state index is 12.9. The topological polar surface area (TPSA) is 92.7 Å². The fourth-order valence-electron chi connectivity index (χ4n) is 2.99. The number of hydrogen-bond donors (Lipinski definition) is 2. The van der Waals surface area contributed by atoms with Crippen LogP contribution in [0.25, 0.3) is 0 Å². The van der Waals surface area contributed by atoms with E-state index in [4.69, 9.17) is 16.3 Å². The van der Waals surface area contributed by atoms with E-state index in [-0.39, 0.29) is 16.1 Å². The Labute approximate surface area is 150 Å². The molecule has 1 aliphatic carbocycles. The number of rotatable bonds is 5. The van der Waals surface area contributed by atoms with Gasteiger partial charge in [-0.1, -0.05) is 11.6 Å². The van der Waals surface area contributed by atoms with E-state index >= 15 is 0 Å². The van der Waals surface area contributed by atoms with E-state index in [1.54, 1.807) is 18.2 Å². The van der Waals surface area contributed by atoms with Crippen molar-refractivity contribution in [2.24, 2.45) is 0 Å². The molecule has 0 aromatic heterocycles. The Morgan fingerprint density at radius 3 is 2.68 bits per heavy atom. The lowest BCUT2D eigenvalue weighted by molar-refractivity contribution is 0.0696. The van der Waals surface area contributed by atoms with Gasteiger partial charge in [0.15, 0.2) is 0 Å². The number of aromatic carboxylic acids is 1. The minimum Gasteiger partial charge on any atom is -0.495 e. The molecule has 8 heteroatoms. The number of carbonyl (C=O) groups is 1. The Hall–Kier alpha value is -2.25. The van der Waals surface area contributed by atoms with E-state index in [9.17, 15) is 18.3 Å². The number of nitrogens with one attached hydrogen (secondary N) is 1. The van der Waals surface area contributed by atoms with E-state index in [2.05, 4.69) is 4.72 Å². The number of halogens is 1. The predicted octanol–water partition coefficient (Wildman–Crippen LogP) is 3.34. The second-order valence-electron chi connectivity index (χ2n) is 5.72. The van der Waals surface area contributed by atoms with E-state index in [0.717, 1.165) is 12.0 Å². The van der Waals surface area contributed by atoms with Crippen LogP contribution in [0.5, 0.6) is 5.75 Å². The lowest BCUT2D eigenvalue weighted by Gasteiger charge is -2.15. The van der Waals surface area contributed by atoms with Crippen LogP contribution in [0.2, 0.25) is 5.02 Å². The van der Waals surface area contributed by atoms with Crippen molar-refractivity contribution in [2.45, 2.75) is 24.2 Å². The molecular formula is C17H16ClNO5S. The average Bonchev–Trinajstić information content (AvgIpc) is 3.02. The molecule has 2 N–H and O–H groups in total. The van der Waals surface area contributed by atoms with Gasteiger partial charge in [0.2, 0.25) is 0 Å². The zero-order chi connectivity index (χ0) is 18.2. The van der Waals surface area contributed by atoms with Gasteiger partial charge in [0.1, 0.15) is 5.75 Å². The lowest BCUT2D eigenvalue weighted by atomic mass is 10.1. The second-order valence-corrected chi connectivity index (χ2v) is 7.81. The van der Waals surface area contributed by atoms with Crippen molar-refractivity contribution < 1.29 is 23.1 Å². The van der Waals surface area contributed by atoms with Crippen molar-refractivity contribution >= 4 is 33.3 Å². The molecule has 0 unspecified atom stereocenters. The first-order valence-electron chi connectivity index (χ1n) is 7.57. The average molecular weight is 382 g/mol. The highest BCUT2D eigenvalue weighted by Gasteiger charge is 2.27. The van der Waals surface area contributed by atoms with Crippen LogP contribution in [0.1, 0.15) is 27.9 Å². The Balaban J connectivity index is 2.10. The maximum atomic E-state index is 12.9. The van der Waals surface area contributed by atoms with Gasteiger partial charge in [-0.25, -0.2) is 13.2 Å². The normalized spacial score (nSPS) is 13.4. The van der Waals surface area contributed by atoms with Crippen molar-refractivity contribution in [1.82, 2.24) is 0 Å². The number of aryl methyl sites for hydroxylation is 1. The van der Waals surface area contributed by atoms with Crippen LogP contribution >= 0.6 is 11.6 Å². The maximum Gasteiger partial charge on any atom is 0.335 e. The number of fused-ring (bicyclic) bond motifs is 1. The summed E-state index contributed by atoms with van der Waals surface area (Å²) in [6.07, 6.45) is 2.05. The van der Waals surface area contributed by atoms with E-state index < -0.39 is 16.0 Å². The number of sulfonamides is 1. The summed E-state index contributed by atoms with van der Waals surface area (Å²) < 4.78 is 33.4. The summed E-state index contributed by atoms with van der Waals surface area (Å²) >= 11 is 5.94. The summed E-state index contributed by atoms with van der Waals surface area (Å²) in [5.41, 5.74) is 1.58. The van der Waals surface area contributed by atoms with Gasteiger partial charge in [0, 0.05) is 5.02 Å². The fourth-order valence-corrected chi connectivity index (χ4v) is 4.56. The van der Waals surface area contributed by atoms with Crippen LogP contribution < -0.4 is 9.46 Å². The first-order valence-corrected chi connectivity index (χ1v) is 9.43. The highest BCUT2D eigenvalue weighted by molar-refractivity contribution is 7.92. The smallest absolute Gasteiger partial charge is 0.335 e. The summed E-state index contributed by atoms with van der Waals surface area (Å²) in [5, 5.41) is 9.61. The highest BCUT2D eigenvalue weighted by atomic mass is 35.5. The molecule has 0 bridgehead atoms. The molecule has 2 aromatic carbocycles. The molecule has 2 aromatic rings. The Kier molecular flexibility index (Phi) is 4.62. The van der Waals surface area contributed by atoms with Crippen molar-refractivity contribution in [3.8, 4) is 5.75 Å². The van der Waals surface area contributed by atoms with Crippen LogP contribution in [0, 0.1) is 0 Å². The van der Waals surface area contributed by atoms with Crippen LogP contribution in [-0.4, -0.2) is 26.6 Å². The van der Waals surface area contributed by atoms with Crippen molar-refractivity contribution in [3.63, 3.8) is 0 Å². The third-order valence-corrected chi connectivity index (χ3v) is 5.78. The second kappa shape index (κ2) is 6.57. The Morgan fingerprint density at radius 2 is 2.00 bits per heavy atom. The Bertz CT molecular complexity index is 956. The minimum absolute atomic E-state index is 0.0121. The van der Waals surface area contributed by atoms with E-state index in [0.29, 0.717) is 29.2 Å². The first-order chi connectivity index (χ1) is 11.8. The third kappa shape index (κ3) is 3.43. The number of benzene rings is 2. The lowest BCUT2D eigenvalue weighted by Crippen LogP contribution is -2.17. The molecule has 0 spiro atoms. The van der Waals surface area contributed by atoms with Crippen LogP contribution in [0.3, 0.4) is 0 Å². The molecule has 1 aliphatic rings. The highest BCUT2D eigenvalue weighted by Crippen LogP contribution is 2.34. The molecule has 0 aliphatic heterocycles. The third-order valence-electron chi connectivity index (χ3n) is 4.12. The number of methoxy groups -OCH3 is 1.